The number of anilines is 1. The summed E-state index contributed by atoms with van der Waals surface area (Å²) in [5.41, 5.74) is 4.32. The summed E-state index contributed by atoms with van der Waals surface area (Å²) in [6.07, 6.45) is 5.91. The van der Waals surface area contributed by atoms with Crippen molar-refractivity contribution in [1.29, 1.82) is 0 Å². The van der Waals surface area contributed by atoms with Gasteiger partial charge in [0.05, 0.1) is 23.4 Å². The van der Waals surface area contributed by atoms with E-state index in [-0.39, 0.29) is 6.10 Å². The average Bonchev–Trinajstić information content (AvgIpc) is 3.25. The van der Waals surface area contributed by atoms with Gasteiger partial charge >= 0.3 is 0 Å². The van der Waals surface area contributed by atoms with Crippen molar-refractivity contribution in [2.45, 2.75) is 32.8 Å². The van der Waals surface area contributed by atoms with E-state index in [4.69, 9.17) is 4.74 Å². The van der Waals surface area contributed by atoms with Crippen LogP contribution < -0.4 is 5.32 Å². The molecule has 0 unspecified atom stereocenters. The first-order valence-corrected chi connectivity index (χ1v) is 8.34. The molecule has 0 spiro atoms. The maximum Gasteiger partial charge on any atom is 0.168 e. The largest absolute Gasteiger partial charge is 0.376 e. The summed E-state index contributed by atoms with van der Waals surface area (Å²) in [7, 11) is 0. The molecule has 1 saturated heterocycles. The van der Waals surface area contributed by atoms with E-state index in [9.17, 15) is 0 Å². The second-order valence-electron chi connectivity index (χ2n) is 6.30. The lowest BCUT2D eigenvalue weighted by atomic mass is 10.1. The molecule has 4 rings (SSSR count). The van der Waals surface area contributed by atoms with Crippen LogP contribution in [0.1, 0.15) is 24.0 Å². The molecule has 1 N–H and O–H groups in total. The molecular formula is C18H21N5O. The highest BCUT2D eigenvalue weighted by atomic mass is 16.5. The van der Waals surface area contributed by atoms with Gasteiger partial charge in [-0.2, -0.15) is 5.10 Å². The molecule has 0 amide bonds. The van der Waals surface area contributed by atoms with Crippen LogP contribution in [0.4, 0.5) is 5.82 Å². The highest BCUT2D eigenvalue weighted by molar-refractivity contribution is 5.87. The monoisotopic (exact) mass is 323 g/mol. The van der Waals surface area contributed by atoms with Gasteiger partial charge in [0.15, 0.2) is 5.65 Å². The van der Waals surface area contributed by atoms with Crippen molar-refractivity contribution in [3.63, 3.8) is 0 Å². The number of benzene rings is 1. The Morgan fingerprint density at radius 1 is 1.25 bits per heavy atom. The average molecular weight is 323 g/mol. The summed E-state index contributed by atoms with van der Waals surface area (Å²) < 4.78 is 7.52. The maximum atomic E-state index is 5.66. The molecule has 1 aromatic carbocycles. The first-order valence-electron chi connectivity index (χ1n) is 8.34. The van der Waals surface area contributed by atoms with Crippen LogP contribution in [0.3, 0.4) is 0 Å². The molecule has 24 heavy (non-hydrogen) atoms. The van der Waals surface area contributed by atoms with Crippen LogP contribution >= 0.6 is 0 Å². The number of nitrogens with zero attached hydrogens (tertiary/aromatic N) is 4. The molecule has 3 heterocycles. The van der Waals surface area contributed by atoms with E-state index < -0.39 is 0 Å². The van der Waals surface area contributed by atoms with E-state index in [2.05, 4.69) is 52.4 Å². The Morgan fingerprint density at radius 3 is 2.96 bits per heavy atom. The summed E-state index contributed by atoms with van der Waals surface area (Å²) in [6.45, 7) is 5.83. The van der Waals surface area contributed by atoms with Gasteiger partial charge < -0.3 is 10.1 Å². The number of aromatic nitrogens is 4. The Kier molecular flexibility index (Phi) is 3.90. The zero-order valence-electron chi connectivity index (χ0n) is 14.0. The zero-order valence-corrected chi connectivity index (χ0v) is 14.0. The van der Waals surface area contributed by atoms with Gasteiger partial charge in [-0.1, -0.05) is 6.07 Å². The molecule has 3 aromatic rings. The standard InChI is InChI=1S/C18H21N5O/c1-12-5-6-14(8-13(12)2)23-18-16(10-22-23)17(20-11-21-18)19-9-15-4-3-7-24-15/h5-6,8,10-11,15H,3-4,7,9H2,1-2H3,(H,19,20,21)/t15-/m0/s1. The molecule has 6 nitrogen and oxygen atoms in total. The van der Waals surface area contributed by atoms with Crippen LogP contribution in [0.2, 0.25) is 0 Å². The van der Waals surface area contributed by atoms with E-state index in [0.717, 1.165) is 48.5 Å². The van der Waals surface area contributed by atoms with Gasteiger partial charge in [-0.15, -0.1) is 0 Å². The molecule has 0 saturated carbocycles. The topological polar surface area (TPSA) is 64.9 Å². The minimum atomic E-state index is 0.268. The molecule has 124 valence electrons. The van der Waals surface area contributed by atoms with E-state index in [0.29, 0.717) is 0 Å². The number of ether oxygens (including phenoxy) is 1. The second-order valence-corrected chi connectivity index (χ2v) is 6.30. The molecule has 1 aliphatic rings. The Morgan fingerprint density at radius 2 is 2.17 bits per heavy atom. The van der Waals surface area contributed by atoms with Crippen molar-refractivity contribution in [2.75, 3.05) is 18.5 Å². The van der Waals surface area contributed by atoms with Crippen LogP contribution in [0.15, 0.2) is 30.7 Å². The quantitative estimate of drug-likeness (QED) is 0.799. The number of hydrogen-bond acceptors (Lipinski definition) is 5. The lowest BCUT2D eigenvalue weighted by Gasteiger charge is -2.11. The minimum absolute atomic E-state index is 0.268. The third-order valence-electron chi connectivity index (χ3n) is 4.62. The molecule has 1 fully saturated rings. The van der Waals surface area contributed by atoms with Gasteiger partial charge in [-0.05, 0) is 49.9 Å². The fourth-order valence-electron chi connectivity index (χ4n) is 3.05. The Labute approximate surface area is 140 Å². The highest BCUT2D eigenvalue weighted by Crippen LogP contribution is 2.23. The van der Waals surface area contributed by atoms with Crippen molar-refractivity contribution in [2.24, 2.45) is 0 Å². The predicted octanol–water partition coefficient (Wildman–Crippen LogP) is 3.02. The lowest BCUT2D eigenvalue weighted by molar-refractivity contribution is 0.120. The predicted molar refractivity (Wildman–Crippen MR) is 93.6 cm³/mol. The third-order valence-corrected chi connectivity index (χ3v) is 4.62. The van der Waals surface area contributed by atoms with Gasteiger partial charge in [0.25, 0.3) is 0 Å². The second kappa shape index (κ2) is 6.20. The van der Waals surface area contributed by atoms with Gasteiger partial charge in [-0.3, -0.25) is 0 Å². The normalized spacial score (nSPS) is 17.5. The van der Waals surface area contributed by atoms with Crippen LogP contribution in [0.5, 0.6) is 0 Å². The Bertz CT molecular complexity index is 867. The van der Waals surface area contributed by atoms with Gasteiger partial charge in [0.2, 0.25) is 0 Å². The smallest absolute Gasteiger partial charge is 0.168 e. The number of hydrogen-bond donors (Lipinski definition) is 1. The summed E-state index contributed by atoms with van der Waals surface area (Å²) in [5.74, 6) is 0.811. The van der Waals surface area contributed by atoms with Gasteiger partial charge in [-0.25, -0.2) is 14.6 Å². The lowest BCUT2D eigenvalue weighted by Crippen LogP contribution is -2.19. The molecule has 2 aromatic heterocycles. The highest BCUT2D eigenvalue weighted by Gasteiger charge is 2.17. The third kappa shape index (κ3) is 2.73. The fraction of sp³-hybridized carbons (Fsp3) is 0.389. The van der Waals surface area contributed by atoms with Gasteiger partial charge in [0.1, 0.15) is 12.1 Å². The van der Waals surface area contributed by atoms with E-state index in [1.807, 2.05) is 10.9 Å². The molecule has 1 aliphatic heterocycles. The molecule has 0 radical (unpaired) electrons. The van der Waals surface area contributed by atoms with Crippen molar-refractivity contribution in [3.05, 3.63) is 41.9 Å². The van der Waals surface area contributed by atoms with Crippen LogP contribution in [-0.2, 0) is 4.74 Å². The molecule has 0 aliphatic carbocycles. The summed E-state index contributed by atoms with van der Waals surface area (Å²) in [6, 6.07) is 6.30. The summed E-state index contributed by atoms with van der Waals surface area (Å²) >= 11 is 0. The van der Waals surface area contributed by atoms with Crippen molar-refractivity contribution < 1.29 is 4.74 Å². The summed E-state index contributed by atoms with van der Waals surface area (Å²) in [4.78, 5) is 8.80. The maximum absolute atomic E-state index is 5.66. The molecule has 0 bridgehead atoms. The van der Waals surface area contributed by atoms with Crippen molar-refractivity contribution in [3.8, 4) is 5.69 Å². The molecule has 1 atom stereocenters. The zero-order chi connectivity index (χ0) is 16.5. The number of aryl methyl sites for hydroxylation is 2. The SMILES string of the molecule is Cc1ccc(-n2ncc3c(NC[C@@H]4CCCO4)ncnc32)cc1C. The van der Waals surface area contributed by atoms with Gasteiger partial charge in [0, 0.05) is 13.2 Å². The van der Waals surface area contributed by atoms with E-state index in [1.165, 1.54) is 11.1 Å². The number of rotatable bonds is 4. The molecule has 6 heteroatoms. The fourth-order valence-corrected chi connectivity index (χ4v) is 3.05. The Balaban J connectivity index is 1.66. The first kappa shape index (κ1) is 15.1. The van der Waals surface area contributed by atoms with Crippen LogP contribution in [0, 0.1) is 13.8 Å². The Hall–Kier alpha value is -2.47. The summed E-state index contributed by atoms with van der Waals surface area (Å²) in [5, 5.41) is 8.83. The molecular weight excluding hydrogens is 302 g/mol. The van der Waals surface area contributed by atoms with Crippen LogP contribution in [0.25, 0.3) is 16.7 Å². The van der Waals surface area contributed by atoms with Crippen molar-refractivity contribution in [1.82, 2.24) is 19.7 Å². The minimum Gasteiger partial charge on any atom is -0.376 e. The van der Waals surface area contributed by atoms with Crippen LogP contribution in [-0.4, -0.2) is 39.0 Å². The van der Waals surface area contributed by atoms with E-state index >= 15 is 0 Å². The van der Waals surface area contributed by atoms with Crippen molar-refractivity contribution >= 4 is 16.9 Å². The first-order chi connectivity index (χ1) is 11.7. The number of fused-ring (bicyclic) bond motifs is 1. The van der Waals surface area contributed by atoms with E-state index in [1.54, 1.807) is 6.33 Å². The number of nitrogens with one attached hydrogen (secondary N) is 1.